The maximum atomic E-state index is 11.8. The molecule has 0 spiro atoms. The molecule has 0 radical (unpaired) electrons. The molecular formula is C18H18BrNO3. The van der Waals surface area contributed by atoms with Gasteiger partial charge < -0.3 is 10.1 Å². The minimum Gasteiger partial charge on any atom is -0.486 e. The third-order valence-electron chi connectivity index (χ3n) is 3.16. The third-order valence-corrected chi connectivity index (χ3v) is 3.65. The quantitative estimate of drug-likeness (QED) is 0.791. The Balaban J connectivity index is 1.71. The molecule has 0 saturated carbocycles. The van der Waals surface area contributed by atoms with E-state index in [4.69, 9.17) is 4.74 Å². The Morgan fingerprint density at radius 2 is 1.83 bits per heavy atom. The van der Waals surface area contributed by atoms with Crippen molar-refractivity contribution in [2.24, 2.45) is 0 Å². The lowest BCUT2D eigenvalue weighted by Gasteiger charge is -2.07. The molecule has 120 valence electrons. The lowest BCUT2D eigenvalue weighted by molar-refractivity contribution is -0.124. The van der Waals surface area contributed by atoms with Gasteiger partial charge in [-0.05, 0) is 37.3 Å². The predicted octanol–water partition coefficient (Wildman–Crippen LogP) is 4.12. The van der Waals surface area contributed by atoms with Crippen molar-refractivity contribution in [1.82, 2.24) is 0 Å². The Hall–Kier alpha value is -2.14. The van der Waals surface area contributed by atoms with Gasteiger partial charge in [-0.3, -0.25) is 9.59 Å². The predicted molar refractivity (Wildman–Crippen MR) is 93.7 cm³/mol. The van der Waals surface area contributed by atoms with Crippen molar-refractivity contribution in [2.45, 2.75) is 19.8 Å². The summed E-state index contributed by atoms with van der Waals surface area (Å²) in [5, 5.41) is 2.76. The van der Waals surface area contributed by atoms with Gasteiger partial charge in [-0.25, -0.2) is 0 Å². The molecule has 0 aliphatic carbocycles. The van der Waals surface area contributed by atoms with Crippen LogP contribution in [-0.4, -0.2) is 18.3 Å². The summed E-state index contributed by atoms with van der Waals surface area (Å²) in [7, 11) is 0. The number of aryl methyl sites for hydroxylation is 1. The number of ketones is 1. The molecule has 0 aliphatic heterocycles. The number of Topliss-reactive ketones (excluding diaryl/α,β-unsaturated/α-hetero) is 1. The monoisotopic (exact) mass is 375 g/mol. The van der Waals surface area contributed by atoms with Crippen molar-refractivity contribution in [3.8, 4) is 5.75 Å². The fourth-order valence-electron chi connectivity index (χ4n) is 1.91. The molecule has 0 heterocycles. The van der Waals surface area contributed by atoms with E-state index in [1.165, 1.54) is 0 Å². The zero-order valence-corrected chi connectivity index (χ0v) is 14.4. The maximum Gasteiger partial charge on any atom is 0.224 e. The van der Waals surface area contributed by atoms with Crippen molar-refractivity contribution in [3.63, 3.8) is 0 Å². The van der Waals surface area contributed by atoms with Gasteiger partial charge in [-0.15, -0.1) is 0 Å². The van der Waals surface area contributed by atoms with Crippen molar-refractivity contribution < 1.29 is 14.3 Å². The number of nitrogens with one attached hydrogen (secondary N) is 1. The Labute approximate surface area is 144 Å². The molecule has 0 aromatic heterocycles. The SMILES string of the molecule is Cc1ccc(OCC(=O)CCC(=O)Nc2cccc(Br)c2)cc1. The highest BCUT2D eigenvalue weighted by molar-refractivity contribution is 9.10. The van der Waals surface area contributed by atoms with E-state index in [1.54, 1.807) is 12.1 Å². The first-order chi connectivity index (χ1) is 11.0. The maximum absolute atomic E-state index is 11.8. The number of halogens is 1. The van der Waals surface area contributed by atoms with Crippen LogP contribution in [0.15, 0.2) is 53.0 Å². The Morgan fingerprint density at radius 3 is 2.52 bits per heavy atom. The molecule has 0 fully saturated rings. The zero-order chi connectivity index (χ0) is 16.7. The van der Waals surface area contributed by atoms with Gasteiger partial charge in [0, 0.05) is 23.0 Å². The van der Waals surface area contributed by atoms with E-state index in [2.05, 4.69) is 21.2 Å². The van der Waals surface area contributed by atoms with E-state index in [9.17, 15) is 9.59 Å². The molecule has 0 unspecified atom stereocenters. The van der Waals surface area contributed by atoms with Crippen LogP contribution >= 0.6 is 15.9 Å². The second kappa shape index (κ2) is 8.48. The average Bonchev–Trinajstić information content (AvgIpc) is 2.52. The minimum atomic E-state index is -0.188. The van der Waals surface area contributed by atoms with Gasteiger partial charge in [0.1, 0.15) is 12.4 Å². The first-order valence-electron chi connectivity index (χ1n) is 7.29. The summed E-state index contributed by atoms with van der Waals surface area (Å²) in [6.45, 7) is 1.96. The van der Waals surface area contributed by atoms with Gasteiger partial charge in [0.25, 0.3) is 0 Å². The van der Waals surface area contributed by atoms with E-state index >= 15 is 0 Å². The Bertz CT molecular complexity index is 683. The van der Waals surface area contributed by atoms with Crippen LogP contribution in [0.1, 0.15) is 18.4 Å². The van der Waals surface area contributed by atoms with Crippen molar-refractivity contribution in [1.29, 1.82) is 0 Å². The first kappa shape index (κ1) is 17.2. The number of amides is 1. The minimum absolute atomic E-state index is 0.0206. The number of rotatable bonds is 7. The number of hydrogen-bond donors (Lipinski definition) is 1. The highest BCUT2D eigenvalue weighted by atomic mass is 79.9. The topological polar surface area (TPSA) is 55.4 Å². The molecule has 0 saturated heterocycles. The van der Waals surface area contributed by atoms with Gasteiger partial charge in [0.2, 0.25) is 5.91 Å². The van der Waals surface area contributed by atoms with Crippen LogP contribution in [0.5, 0.6) is 5.75 Å². The van der Waals surface area contributed by atoms with E-state index in [1.807, 2.05) is 43.3 Å². The van der Waals surface area contributed by atoms with Gasteiger partial charge in [-0.1, -0.05) is 39.7 Å². The molecule has 0 bridgehead atoms. The molecule has 23 heavy (non-hydrogen) atoms. The van der Waals surface area contributed by atoms with Crippen LogP contribution in [0.3, 0.4) is 0 Å². The fraction of sp³-hybridized carbons (Fsp3) is 0.222. The second-order valence-corrected chi connectivity index (χ2v) is 6.11. The number of carbonyl (C=O) groups is 2. The first-order valence-corrected chi connectivity index (χ1v) is 8.09. The van der Waals surface area contributed by atoms with Gasteiger partial charge in [0.15, 0.2) is 5.78 Å². The van der Waals surface area contributed by atoms with Crippen molar-refractivity contribution >= 4 is 33.3 Å². The molecule has 2 aromatic carbocycles. The summed E-state index contributed by atoms with van der Waals surface area (Å²) < 4.78 is 6.29. The largest absolute Gasteiger partial charge is 0.486 e. The molecule has 1 amide bonds. The third kappa shape index (κ3) is 6.24. The summed E-state index contributed by atoms with van der Waals surface area (Å²) in [5.41, 5.74) is 1.83. The smallest absolute Gasteiger partial charge is 0.224 e. The van der Waals surface area contributed by atoms with Gasteiger partial charge in [-0.2, -0.15) is 0 Å². The summed E-state index contributed by atoms with van der Waals surface area (Å²) in [5.74, 6) is 0.365. The molecule has 0 aliphatic rings. The number of anilines is 1. The Kier molecular flexibility index (Phi) is 6.35. The number of benzene rings is 2. The standard InChI is InChI=1S/C18H18BrNO3/c1-13-5-8-17(9-6-13)23-12-16(21)7-10-18(22)20-15-4-2-3-14(19)11-15/h2-6,8-9,11H,7,10,12H2,1H3,(H,20,22). The normalized spacial score (nSPS) is 10.2. The van der Waals surface area contributed by atoms with E-state index < -0.39 is 0 Å². The molecule has 5 heteroatoms. The van der Waals surface area contributed by atoms with Crippen LogP contribution in [0.25, 0.3) is 0 Å². The lowest BCUT2D eigenvalue weighted by atomic mass is 10.2. The average molecular weight is 376 g/mol. The van der Waals surface area contributed by atoms with Crippen LogP contribution < -0.4 is 10.1 Å². The molecular weight excluding hydrogens is 358 g/mol. The number of carbonyl (C=O) groups excluding carboxylic acids is 2. The zero-order valence-electron chi connectivity index (χ0n) is 12.8. The van der Waals surface area contributed by atoms with Crippen LogP contribution in [0, 0.1) is 6.92 Å². The van der Waals surface area contributed by atoms with E-state index in [-0.39, 0.29) is 31.1 Å². The highest BCUT2D eigenvalue weighted by Gasteiger charge is 2.08. The number of ether oxygens (including phenoxy) is 1. The van der Waals surface area contributed by atoms with E-state index in [0.29, 0.717) is 11.4 Å². The lowest BCUT2D eigenvalue weighted by Crippen LogP contribution is -2.16. The molecule has 4 nitrogen and oxygen atoms in total. The van der Waals surface area contributed by atoms with Gasteiger partial charge >= 0.3 is 0 Å². The highest BCUT2D eigenvalue weighted by Crippen LogP contribution is 2.16. The molecule has 1 N–H and O–H groups in total. The van der Waals surface area contributed by atoms with Crippen molar-refractivity contribution in [2.75, 3.05) is 11.9 Å². The second-order valence-electron chi connectivity index (χ2n) is 5.20. The molecule has 2 aromatic rings. The summed E-state index contributed by atoms with van der Waals surface area (Å²) >= 11 is 3.34. The summed E-state index contributed by atoms with van der Waals surface area (Å²) in [6, 6.07) is 14.8. The van der Waals surface area contributed by atoms with Crippen molar-refractivity contribution in [3.05, 3.63) is 58.6 Å². The molecule has 0 atom stereocenters. The van der Waals surface area contributed by atoms with Crippen LogP contribution in [0.2, 0.25) is 0 Å². The fourth-order valence-corrected chi connectivity index (χ4v) is 2.31. The summed E-state index contributed by atoms with van der Waals surface area (Å²) in [4.78, 5) is 23.6. The van der Waals surface area contributed by atoms with Crippen LogP contribution in [-0.2, 0) is 9.59 Å². The summed E-state index contributed by atoms with van der Waals surface area (Å²) in [6.07, 6.45) is 0.300. The molecule has 2 rings (SSSR count). The van der Waals surface area contributed by atoms with Gasteiger partial charge in [0.05, 0.1) is 0 Å². The van der Waals surface area contributed by atoms with E-state index in [0.717, 1.165) is 10.0 Å². The number of hydrogen-bond acceptors (Lipinski definition) is 3. The van der Waals surface area contributed by atoms with Crippen LogP contribution in [0.4, 0.5) is 5.69 Å². The Morgan fingerprint density at radius 1 is 1.09 bits per heavy atom.